The van der Waals surface area contributed by atoms with E-state index in [1.165, 1.54) is 0 Å². The van der Waals surface area contributed by atoms with Gasteiger partial charge in [0.15, 0.2) is 9.84 Å². The van der Waals surface area contributed by atoms with Gasteiger partial charge in [-0.2, -0.15) is 0 Å². The molecule has 2 rings (SSSR count). The van der Waals surface area contributed by atoms with Gasteiger partial charge in [-0.3, -0.25) is 4.79 Å². The molecule has 7 nitrogen and oxygen atoms in total. The van der Waals surface area contributed by atoms with Crippen molar-refractivity contribution < 1.29 is 23.1 Å². The minimum Gasteiger partial charge on any atom is -0.481 e. The number of hydrogen-bond acceptors (Lipinski definition) is 4. The van der Waals surface area contributed by atoms with Crippen LogP contribution in [0.5, 0.6) is 0 Å². The Morgan fingerprint density at radius 3 is 2.25 bits per heavy atom. The van der Waals surface area contributed by atoms with Crippen LogP contribution in [-0.2, 0) is 14.6 Å². The van der Waals surface area contributed by atoms with Crippen molar-refractivity contribution in [2.24, 2.45) is 5.92 Å². The first-order chi connectivity index (χ1) is 9.30. The van der Waals surface area contributed by atoms with E-state index in [4.69, 9.17) is 5.11 Å². The molecule has 114 valence electrons. The average Bonchev–Trinajstić information content (AvgIpc) is 2.37. The van der Waals surface area contributed by atoms with Gasteiger partial charge in [-0.05, 0) is 19.8 Å². The predicted octanol–water partition coefficient (Wildman–Crippen LogP) is 0.0219. The lowest BCUT2D eigenvalue weighted by atomic mass is 9.92. The predicted molar refractivity (Wildman–Crippen MR) is 72.2 cm³/mol. The summed E-state index contributed by atoms with van der Waals surface area (Å²) in [6, 6.07) is -0.299. The van der Waals surface area contributed by atoms with Crippen LogP contribution in [0.4, 0.5) is 4.79 Å². The molecule has 2 saturated heterocycles. The van der Waals surface area contributed by atoms with Gasteiger partial charge in [-0.15, -0.1) is 0 Å². The highest BCUT2D eigenvalue weighted by Crippen LogP contribution is 2.24. The van der Waals surface area contributed by atoms with Crippen molar-refractivity contribution >= 4 is 21.8 Å². The van der Waals surface area contributed by atoms with E-state index in [-0.39, 0.29) is 36.7 Å². The van der Waals surface area contributed by atoms with E-state index < -0.39 is 21.7 Å². The lowest BCUT2D eigenvalue weighted by Gasteiger charge is -2.40. The lowest BCUT2D eigenvalue weighted by molar-refractivity contribution is -0.143. The molecule has 0 bridgehead atoms. The molecule has 0 aliphatic carbocycles. The smallest absolute Gasteiger partial charge is 0.320 e. The molecule has 2 atom stereocenters. The van der Waals surface area contributed by atoms with E-state index in [0.29, 0.717) is 19.4 Å². The second-order valence-electron chi connectivity index (χ2n) is 5.52. The second-order valence-corrected chi connectivity index (χ2v) is 7.83. The number of urea groups is 1. The van der Waals surface area contributed by atoms with E-state index in [1.54, 1.807) is 9.80 Å². The molecular weight excluding hydrogens is 284 g/mol. The molecule has 2 aliphatic heterocycles. The highest BCUT2D eigenvalue weighted by Gasteiger charge is 2.35. The Labute approximate surface area is 118 Å². The first kappa shape index (κ1) is 15.1. The zero-order valence-corrected chi connectivity index (χ0v) is 12.3. The summed E-state index contributed by atoms with van der Waals surface area (Å²) in [5.74, 6) is -1.18. The quantitative estimate of drug-likeness (QED) is 0.737. The first-order valence-corrected chi connectivity index (χ1v) is 8.61. The summed E-state index contributed by atoms with van der Waals surface area (Å²) in [5.41, 5.74) is 0. The summed E-state index contributed by atoms with van der Waals surface area (Å²) in [4.78, 5) is 26.5. The summed E-state index contributed by atoms with van der Waals surface area (Å²) in [5, 5.41) is 9.01. The maximum Gasteiger partial charge on any atom is 0.320 e. The standard InChI is InChI=1S/C12H20N2O5S/c1-9-8-10(11(15)16)2-3-14(9)12(17)13-4-6-20(18,19)7-5-13/h9-10H,2-8H2,1H3,(H,15,16). The Morgan fingerprint density at radius 2 is 1.75 bits per heavy atom. The summed E-state index contributed by atoms with van der Waals surface area (Å²) in [6.45, 7) is 2.72. The first-order valence-electron chi connectivity index (χ1n) is 6.79. The van der Waals surface area contributed by atoms with Gasteiger partial charge in [0, 0.05) is 25.7 Å². The van der Waals surface area contributed by atoms with Crippen molar-refractivity contribution in [3.8, 4) is 0 Å². The Kier molecular flexibility index (Phi) is 4.22. The Balaban J connectivity index is 1.95. The van der Waals surface area contributed by atoms with Crippen LogP contribution < -0.4 is 0 Å². The third kappa shape index (κ3) is 3.23. The molecule has 0 spiro atoms. The van der Waals surface area contributed by atoms with Crippen LogP contribution in [0.2, 0.25) is 0 Å². The molecule has 1 N–H and O–H groups in total. The van der Waals surface area contributed by atoms with E-state index in [1.807, 2.05) is 6.92 Å². The Morgan fingerprint density at radius 1 is 1.15 bits per heavy atom. The molecule has 20 heavy (non-hydrogen) atoms. The van der Waals surface area contributed by atoms with Gasteiger partial charge in [-0.1, -0.05) is 0 Å². The van der Waals surface area contributed by atoms with Crippen LogP contribution in [0.15, 0.2) is 0 Å². The number of likely N-dealkylation sites (tertiary alicyclic amines) is 1. The number of hydrogen-bond donors (Lipinski definition) is 1. The SMILES string of the molecule is CC1CC(C(=O)O)CCN1C(=O)N1CCS(=O)(=O)CC1. The highest BCUT2D eigenvalue weighted by molar-refractivity contribution is 7.91. The van der Waals surface area contributed by atoms with Gasteiger partial charge in [0.25, 0.3) is 0 Å². The van der Waals surface area contributed by atoms with Crippen LogP contribution in [0.3, 0.4) is 0 Å². The minimum atomic E-state index is -3.00. The number of aliphatic carboxylic acids is 1. The summed E-state index contributed by atoms with van der Waals surface area (Å²) >= 11 is 0. The molecule has 0 aromatic carbocycles. The molecule has 2 fully saturated rings. The van der Waals surface area contributed by atoms with Gasteiger partial charge < -0.3 is 14.9 Å². The number of carboxylic acid groups (broad SMARTS) is 1. The average molecular weight is 304 g/mol. The molecule has 0 radical (unpaired) electrons. The fourth-order valence-electron chi connectivity index (χ4n) is 2.77. The van der Waals surface area contributed by atoms with Gasteiger partial charge >= 0.3 is 12.0 Å². The molecular formula is C12H20N2O5S. The van der Waals surface area contributed by atoms with E-state index in [9.17, 15) is 18.0 Å². The topological polar surface area (TPSA) is 95.0 Å². The van der Waals surface area contributed by atoms with E-state index in [0.717, 1.165) is 0 Å². The zero-order chi connectivity index (χ0) is 14.9. The van der Waals surface area contributed by atoms with Gasteiger partial charge in [0.2, 0.25) is 0 Å². The Hall–Kier alpha value is -1.31. The van der Waals surface area contributed by atoms with Gasteiger partial charge in [0.1, 0.15) is 0 Å². The number of carbonyl (C=O) groups excluding carboxylic acids is 1. The van der Waals surface area contributed by atoms with Crippen molar-refractivity contribution in [2.75, 3.05) is 31.1 Å². The summed E-state index contributed by atoms with van der Waals surface area (Å²) in [7, 11) is -3.00. The minimum absolute atomic E-state index is 0.0126. The van der Waals surface area contributed by atoms with Crippen molar-refractivity contribution in [2.45, 2.75) is 25.8 Å². The third-order valence-electron chi connectivity index (χ3n) is 4.09. The van der Waals surface area contributed by atoms with Crippen LogP contribution in [0.25, 0.3) is 0 Å². The molecule has 0 aromatic rings. The fraction of sp³-hybridized carbons (Fsp3) is 0.833. The number of amides is 2. The molecule has 2 amide bonds. The summed E-state index contributed by atoms with van der Waals surface area (Å²) in [6.07, 6.45) is 0.908. The Bertz CT molecular complexity index is 490. The molecule has 2 heterocycles. The maximum absolute atomic E-state index is 12.4. The van der Waals surface area contributed by atoms with Crippen molar-refractivity contribution in [1.82, 2.24) is 9.80 Å². The summed E-state index contributed by atoms with van der Waals surface area (Å²) < 4.78 is 22.7. The number of sulfone groups is 1. The maximum atomic E-state index is 12.4. The molecule has 0 saturated carbocycles. The largest absolute Gasteiger partial charge is 0.481 e. The van der Waals surface area contributed by atoms with Crippen LogP contribution in [-0.4, -0.2) is 72.5 Å². The van der Waals surface area contributed by atoms with Crippen LogP contribution >= 0.6 is 0 Å². The molecule has 0 aromatic heterocycles. The van der Waals surface area contributed by atoms with Crippen molar-refractivity contribution in [3.63, 3.8) is 0 Å². The third-order valence-corrected chi connectivity index (χ3v) is 5.70. The molecule has 8 heteroatoms. The number of rotatable bonds is 1. The molecule has 2 aliphatic rings. The number of carboxylic acids is 1. The van der Waals surface area contributed by atoms with Crippen LogP contribution in [0.1, 0.15) is 19.8 Å². The number of piperidine rings is 1. The lowest BCUT2D eigenvalue weighted by Crippen LogP contribution is -2.54. The number of nitrogens with zero attached hydrogens (tertiary/aromatic N) is 2. The van der Waals surface area contributed by atoms with E-state index >= 15 is 0 Å². The van der Waals surface area contributed by atoms with Gasteiger partial charge in [-0.25, -0.2) is 13.2 Å². The van der Waals surface area contributed by atoms with E-state index in [2.05, 4.69) is 0 Å². The molecule has 2 unspecified atom stereocenters. The van der Waals surface area contributed by atoms with Gasteiger partial charge in [0.05, 0.1) is 17.4 Å². The number of carbonyl (C=O) groups is 2. The second kappa shape index (κ2) is 5.59. The van der Waals surface area contributed by atoms with Crippen molar-refractivity contribution in [1.29, 1.82) is 0 Å². The fourth-order valence-corrected chi connectivity index (χ4v) is 3.97. The highest BCUT2D eigenvalue weighted by atomic mass is 32.2. The van der Waals surface area contributed by atoms with Crippen LogP contribution in [0, 0.1) is 5.92 Å². The zero-order valence-electron chi connectivity index (χ0n) is 11.5. The van der Waals surface area contributed by atoms with Crippen molar-refractivity contribution in [3.05, 3.63) is 0 Å². The monoisotopic (exact) mass is 304 g/mol. The normalized spacial score (nSPS) is 30.1.